The van der Waals surface area contributed by atoms with Crippen LogP contribution >= 0.6 is 11.3 Å². The quantitative estimate of drug-likeness (QED) is 0.765. The van der Waals surface area contributed by atoms with Crippen molar-refractivity contribution in [3.05, 3.63) is 22.7 Å². The van der Waals surface area contributed by atoms with E-state index in [0.717, 1.165) is 18.4 Å². The highest BCUT2D eigenvalue weighted by molar-refractivity contribution is 7.08. The summed E-state index contributed by atoms with van der Waals surface area (Å²) in [5.74, 6) is -0.0640. The molecule has 1 aliphatic carbocycles. The molecular weight excluding hydrogens is 318 g/mol. The van der Waals surface area contributed by atoms with Gasteiger partial charge in [-0.2, -0.15) is 11.3 Å². The lowest BCUT2D eigenvalue weighted by Crippen LogP contribution is -2.41. The molecule has 0 spiro atoms. The number of carbonyl (C=O) groups is 2. The van der Waals surface area contributed by atoms with Crippen molar-refractivity contribution in [3.63, 3.8) is 0 Å². The molecule has 2 heterocycles. The van der Waals surface area contributed by atoms with Crippen molar-refractivity contribution in [1.29, 1.82) is 0 Å². The Labute approximate surface area is 136 Å². The molecule has 0 saturated heterocycles. The number of carboxylic acids is 1. The Hall–Kier alpha value is -2.22. The average Bonchev–Trinajstić information content (AvgIpc) is 3.02. The van der Waals surface area contributed by atoms with E-state index >= 15 is 0 Å². The molecule has 0 aliphatic heterocycles. The summed E-state index contributed by atoms with van der Waals surface area (Å²) in [7, 11) is 0. The van der Waals surface area contributed by atoms with Crippen LogP contribution in [0.5, 0.6) is 0 Å². The average molecular weight is 335 g/mol. The maximum Gasteiger partial charge on any atom is 0.326 e. The van der Waals surface area contributed by atoms with E-state index in [0.29, 0.717) is 30.5 Å². The minimum atomic E-state index is -0.984. The fraction of sp³-hybridized carbons (Fsp3) is 0.467. The maximum absolute atomic E-state index is 11.9. The fourth-order valence-electron chi connectivity index (χ4n) is 2.25. The van der Waals surface area contributed by atoms with Gasteiger partial charge in [0.05, 0.1) is 0 Å². The van der Waals surface area contributed by atoms with Gasteiger partial charge in [0.25, 0.3) is 0 Å². The molecule has 2 aromatic rings. The standard InChI is InChI=1S/C15H17N3O4S/c19-12(16-11(15(20)21)7-9-1-2-9)3-4-13-17-18-14(22-13)10-5-6-23-8-10/h5-6,8-9,11H,1-4,7H2,(H,16,19)(H,20,21). The first kappa shape index (κ1) is 15.7. The summed E-state index contributed by atoms with van der Waals surface area (Å²) < 4.78 is 5.49. The van der Waals surface area contributed by atoms with Crippen LogP contribution in [-0.2, 0) is 16.0 Å². The predicted octanol–water partition coefficient (Wildman–Crippen LogP) is 2.10. The third kappa shape index (κ3) is 4.38. The maximum atomic E-state index is 11.9. The number of nitrogens with one attached hydrogen (secondary N) is 1. The molecule has 0 aromatic carbocycles. The van der Waals surface area contributed by atoms with Crippen LogP contribution in [0.15, 0.2) is 21.2 Å². The number of aryl methyl sites for hydroxylation is 1. The van der Waals surface area contributed by atoms with Crippen LogP contribution in [0.4, 0.5) is 0 Å². The van der Waals surface area contributed by atoms with Gasteiger partial charge in [-0.25, -0.2) is 4.79 Å². The monoisotopic (exact) mass is 335 g/mol. The van der Waals surface area contributed by atoms with Gasteiger partial charge < -0.3 is 14.8 Å². The number of rotatable bonds is 8. The van der Waals surface area contributed by atoms with Crippen molar-refractivity contribution in [3.8, 4) is 11.5 Å². The number of nitrogens with zero attached hydrogens (tertiary/aromatic N) is 2. The summed E-state index contributed by atoms with van der Waals surface area (Å²) in [6, 6.07) is 1.07. The Morgan fingerprint density at radius 3 is 2.91 bits per heavy atom. The minimum Gasteiger partial charge on any atom is -0.480 e. The molecule has 1 amide bonds. The third-order valence-corrected chi connectivity index (χ3v) is 4.38. The van der Waals surface area contributed by atoms with Gasteiger partial charge in [0.15, 0.2) is 0 Å². The second kappa shape index (κ2) is 6.91. The van der Waals surface area contributed by atoms with E-state index in [1.165, 1.54) is 11.3 Å². The molecule has 1 aliphatic rings. The number of thiophene rings is 1. The van der Waals surface area contributed by atoms with Crippen molar-refractivity contribution >= 4 is 23.2 Å². The zero-order valence-corrected chi connectivity index (χ0v) is 13.2. The van der Waals surface area contributed by atoms with Crippen LogP contribution in [-0.4, -0.2) is 33.2 Å². The predicted molar refractivity (Wildman–Crippen MR) is 82.8 cm³/mol. The zero-order chi connectivity index (χ0) is 16.2. The van der Waals surface area contributed by atoms with Gasteiger partial charge in [0.2, 0.25) is 17.7 Å². The number of carbonyl (C=O) groups excluding carboxylic acids is 1. The third-order valence-electron chi connectivity index (χ3n) is 3.70. The molecule has 23 heavy (non-hydrogen) atoms. The Bertz CT molecular complexity index is 679. The number of hydrogen-bond donors (Lipinski definition) is 2. The van der Waals surface area contributed by atoms with E-state index in [-0.39, 0.29) is 12.3 Å². The Morgan fingerprint density at radius 1 is 1.43 bits per heavy atom. The second-order valence-corrected chi connectivity index (χ2v) is 6.43. The van der Waals surface area contributed by atoms with E-state index in [1.54, 1.807) is 0 Å². The van der Waals surface area contributed by atoms with E-state index in [9.17, 15) is 9.59 Å². The topological polar surface area (TPSA) is 105 Å². The van der Waals surface area contributed by atoms with E-state index in [2.05, 4.69) is 15.5 Å². The molecule has 3 rings (SSSR count). The van der Waals surface area contributed by atoms with Gasteiger partial charge in [0.1, 0.15) is 6.04 Å². The summed E-state index contributed by atoms with van der Waals surface area (Å²) in [5, 5.41) is 23.4. The molecule has 7 nitrogen and oxygen atoms in total. The van der Waals surface area contributed by atoms with E-state index in [1.807, 2.05) is 16.8 Å². The Morgan fingerprint density at radius 2 is 2.26 bits per heavy atom. The number of carboxylic acid groups (broad SMARTS) is 1. The summed E-state index contributed by atoms with van der Waals surface area (Å²) >= 11 is 1.53. The lowest BCUT2D eigenvalue weighted by Gasteiger charge is -2.13. The van der Waals surface area contributed by atoms with Crippen molar-refractivity contribution in [2.45, 2.75) is 38.1 Å². The normalized spacial score (nSPS) is 15.3. The molecule has 2 aromatic heterocycles. The molecule has 0 radical (unpaired) electrons. The highest BCUT2D eigenvalue weighted by Crippen LogP contribution is 2.33. The number of amides is 1. The first-order valence-corrected chi connectivity index (χ1v) is 8.43. The first-order valence-electron chi connectivity index (χ1n) is 7.49. The van der Waals surface area contributed by atoms with Crippen LogP contribution in [0.25, 0.3) is 11.5 Å². The van der Waals surface area contributed by atoms with E-state index in [4.69, 9.17) is 9.52 Å². The molecule has 1 unspecified atom stereocenters. The smallest absolute Gasteiger partial charge is 0.326 e. The number of aliphatic carboxylic acids is 1. The molecular formula is C15H17N3O4S. The molecule has 0 bridgehead atoms. The molecule has 1 fully saturated rings. The van der Waals surface area contributed by atoms with Gasteiger partial charge in [-0.15, -0.1) is 10.2 Å². The SMILES string of the molecule is O=C(CCc1nnc(-c2ccsc2)o1)NC(CC1CC1)C(=O)O. The largest absolute Gasteiger partial charge is 0.480 e. The van der Waals surface area contributed by atoms with Crippen LogP contribution in [0, 0.1) is 5.92 Å². The molecule has 2 N–H and O–H groups in total. The highest BCUT2D eigenvalue weighted by Gasteiger charge is 2.30. The Kier molecular flexibility index (Phi) is 4.71. The fourth-order valence-corrected chi connectivity index (χ4v) is 2.88. The van der Waals surface area contributed by atoms with Crippen molar-refractivity contribution in [2.75, 3.05) is 0 Å². The summed E-state index contributed by atoms with van der Waals surface area (Å²) in [6.07, 6.45) is 3.02. The number of hydrogen-bond acceptors (Lipinski definition) is 6. The van der Waals surface area contributed by atoms with Crippen molar-refractivity contribution in [1.82, 2.24) is 15.5 Å². The highest BCUT2D eigenvalue weighted by atomic mass is 32.1. The molecule has 8 heteroatoms. The summed E-state index contributed by atoms with van der Waals surface area (Å²) in [6.45, 7) is 0. The van der Waals surface area contributed by atoms with Gasteiger partial charge in [0, 0.05) is 23.8 Å². The zero-order valence-electron chi connectivity index (χ0n) is 12.4. The van der Waals surface area contributed by atoms with Crippen molar-refractivity contribution in [2.24, 2.45) is 5.92 Å². The second-order valence-electron chi connectivity index (χ2n) is 5.65. The lowest BCUT2D eigenvalue weighted by molar-refractivity contribution is -0.142. The molecule has 1 saturated carbocycles. The van der Waals surface area contributed by atoms with Gasteiger partial charge in [-0.1, -0.05) is 12.8 Å². The van der Waals surface area contributed by atoms with Gasteiger partial charge in [-0.3, -0.25) is 4.79 Å². The van der Waals surface area contributed by atoms with Crippen LogP contribution in [0.3, 0.4) is 0 Å². The molecule has 122 valence electrons. The van der Waals surface area contributed by atoms with E-state index < -0.39 is 12.0 Å². The lowest BCUT2D eigenvalue weighted by atomic mass is 10.1. The van der Waals surface area contributed by atoms with Crippen molar-refractivity contribution < 1.29 is 19.1 Å². The summed E-state index contributed by atoms with van der Waals surface area (Å²) in [4.78, 5) is 23.1. The van der Waals surface area contributed by atoms with Gasteiger partial charge in [-0.05, 0) is 23.8 Å². The van der Waals surface area contributed by atoms with Crippen LogP contribution in [0.1, 0.15) is 31.6 Å². The molecule has 1 atom stereocenters. The number of aromatic nitrogens is 2. The van der Waals surface area contributed by atoms with Gasteiger partial charge >= 0.3 is 5.97 Å². The summed E-state index contributed by atoms with van der Waals surface area (Å²) in [5.41, 5.74) is 0.855. The van der Waals surface area contributed by atoms with Crippen LogP contribution in [0.2, 0.25) is 0 Å². The Balaban J connectivity index is 1.49. The van der Waals surface area contributed by atoms with Crippen LogP contribution < -0.4 is 5.32 Å². The first-order chi connectivity index (χ1) is 11.1. The minimum absolute atomic E-state index is 0.125.